The minimum absolute atomic E-state index is 0.161. The maximum Gasteiger partial charge on any atom is 0.109 e. The summed E-state index contributed by atoms with van der Waals surface area (Å²) in [6.07, 6.45) is 1.42. The molecule has 0 amide bonds. The van der Waals surface area contributed by atoms with Gasteiger partial charge in [-0.15, -0.1) is 0 Å². The Bertz CT molecular complexity index is 551. The lowest BCUT2D eigenvalue weighted by molar-refractivity contribution is 0.287. The van der Waals surface area contributed by atoms with Crippen molar-refractivity contribution in [3.63, 3.8) is 0 Å². The van der Waals surface area contributed by atoms with Crippen molar-refractivity contribution in [1.82, 2.24) is 9.55 Å². The van der Waals surface area contributed by atoms with E-state index in [1.807, 2.05) is 23.7 Å². The molecule has 1 heterocycles. The molecule has 4 nitrogen and oxygen atoms in total. The van der Waals surface area contributed by atoms with E-state index in [0.29, 0.717) is 12.0 Å². The average Bonchev–Trinajstić information content (AvgIpc) is 2.64. The van der Waals surface area contributed by atoms with Crippen molar-refractivity contribution in [2.75, 3.05) is 6.61 Å². The maximum absolute atomic E-state index is 8.97. The van der Waals surface area contributed by atoms with Crippen molar-refractivity contribution in [1.29, 1.82) is 5.26 Å². The second-order valence-electron chi connectivity index (χ2n) is 3.70. The molecule has 0 spiro atoms. The molecule has 0 fully saturated rings. The van der Waals surface area contributed by atoms with Gasteiger partial charge in [0.1, 0.15) is 17.4 Å². The first-order valence-electron chi connectivity index (χ1n) is 5.23. The van der Waals surface area contributed by atoms with Crippen LogP contribution < -0.4 is 0 Å². The number of aliphatic hydroxyl groups excluding tert-OH is 1. The molecular weight excluding hydrogens is 202 g/mol. The third-order valence-corrected chi connectivity index (χ3v) is 2.68. The van der Waals surface area contributed by atoms with Crippen LogP contribution in [0.25, 0.3) is 11.0 Å². The van der Waals surface area contributed by atoms with Crippen LogP contribution in [0.2, 0.25) is 0 Å². The summed E-state index contributed by atoms with van der Waals surface area (Å²) in [4.78, 5) is 4.45. The summed E-state index contributed by atoms with van der Waals surface area (Å²) in [7, 11) is 1.93. The third-order valence-electron chi connectivity index (χ3n) is 2.68. The number of hydrogen-bond acceptors (Lipinski definition) is 3. The van der Waals surface area contributed by atoms with Crippen LogP contribution >= 0.6 is 0 Å². The fourth-order valence-electron chi connectivity index (χ4n) is 1.81. The van der Waals surface area contributed by atoms with Gasteiger partial charge in [-0.1, -0.05) is 6.07 Å². The van der Waals surface area contributed by atoms with Gasteiger partial charge in [-0.3, -0.25) is 0 Å². The Morgan fingerprint density at radius 3 is 3.00 bits per heavy atom. The number of nitriles is 1. The molecule has 1 aromatic carbocycles. The molecule has 0 aliphatic carbocycles. The predicted molar refractivity (Wildman–Crippen MR) is 60.8 cm³/mol. The highest BCUT2D eigenvalue weighted by Gasteiger charge is 2.10. The van der Waals surface area contributed by atoms with Gasteiger partial charge in [0.15, 0.2) is 0 Å². The Kier molecular flexibility index (Phi) is 2.88. The molecule has 82 valence electrons. The van der Waals surface area contributed by atoms with E-state index in [-0.39, 0.29) is 6.61 Å². The van der Waals surface area contributed by atoms with Crippen molar-refractivity contribution >= 4 is 11.0 Å². The summed E-state index contributed by atoms with van der Waals surface area (Å²) in [5.41, 5.74) is 2.32. The third kappa shape index (κ3) is 1.66. The maximum atomic E-state index is 8.97. The van der Waals surface area contributed by atoms with Gasteiger partial charge in [0, 0.05) is 20.1 Å². The summed E-state index contributed by atoms with van der Waals surface area (Å²) < 4.78 is 1.98. The summed E-state index contributed by atoms with van der Waals surface area (Å²) >= 11 is 0. The minimum Gasteiger partial charge on any atom is -0.396 e. The number of nitrogens with zero attached hydrogens (tertiary/aromatic N) is 3. The number of aromatic nitrogens is 2. The molecule has 0 bridgehead atoms. The van der Waals surface area contributed by atoms with E-state index in [4.69, 9.17) is 10.4 Å². The number of para-hydroxylation sites is 1. The Hall–Kier alpha value is -1.86. The molecule has 1 N–H and O–H groups in total. The van der Waals surface area contributed by atoms with E-state index in [9.17, 15) is 0 Å². The predicted octanol–water partition coefficient (Wildman–Crippen LogP) is 1.37. The zero-order valence-corrected chi connectivity index (χ0v) is 9.14. The molecule has 2 aromatic rings. The molecule has 0 unspecified atom stereocenters. The lowest BCUT2D eigenvalue weighted by atomic mass is 10.2. The van der Waals surface area contributed by atoms with Crippen LogP contribution in [0.4, 0.5) is 0 Å². The molecule has 0 aliphatic rings. The first-order valence-corrected chi connectivity index (χ1v) is 5.23. The van der Waals surface area contributed by atoms with Gasteiger partial charge in [0.05, 0.1) is 11.1 Å². The molecule has 0 atom stereocenters. The number of rotatable bonds is 3. The van der Waals surface area contributed by atoms with Crippen LogP contribution in [-0.4, -0.2) is 21.3 Å². The molecule has 0 saturated carbocycles. The van der Waals surface area contributed by atoms with Gasteiger partial charge in [-0.05, 0) is 18.6 Å². The molecule has 16 heavy (non-hydrogen) atoms. The second-order valence-corrected chi connectivity index (χ2v) is 3.70. The highest BCUT2D eigenvalue weighted by atomic mass is 16.2. The van der Waals surface area contributed by atoms with Gasteiger partial charge in [0.25, 0.3) is 0 Å². The zero-order chi connectivity index (χ0) is 11.5. The van der Waals surface area contributed by atoms with Crippen LogP contribution in [0.5, 0.6) is 0 Å². The van der Waals surface area contributed by atoms with Crippen LogP contribution in [0.1, 0.15) is 17.8 Å². The van der Waals surface area contributed by atoms with Gasteiger partial charge in [-0.25, -0.2) is 4.98 Å². The first kappa shape index (κ1) is 10.7. The van der Waals surface area contributed by atoms with Crippen LogP contribution in [0, 0.1) is 11.3 Å². The van der Waals surface area contributed by atoms with Crippen LogP contribution in [0.15, 0.2) is 18.2 Å². The van der Waals surface area contributed by atoms with Crippen molar-refractivity contribution in [2.24, 2.45) is 7.05 Å². The molecule has 4 heteroatoms. The Balaban J connectivity index is 2.55. The Labute approximate surface area is 93.8 Å². The van der Waals surface area contributed by atoms with E-state index in [1.54, 1.807) is 6.07 Å². The summed E-state index contributed by atoms with van der Waals surface area (Å²) in [5, 5.41) is 17.8. The smallest absolute Gasteiger partial charge is 0.109 e. The van der Waals surface area contributed by atoms with Crippen molar-refractivity contribution in [2.45, 2.75) is 12.8 Å². The summed E-state index contributed by atoms with van der Waals surface area (Å²) in [6.45, 7) is 0.161. The van der Waals surface area contributed by atoms with Gasteiger partial charge in [0.2, 0.25) is 0 Å². The van der Waals surface area contributed by atoms with Gasteiger partial charge < -0.3 is 9.67 Å². The topological polar surface area (TPSA) is 61.8 Å². The van der Waals surface area contributed by atoms with Gasteiger partial charge >= 0.3 is 0 Å². The standard InChI is InChI=1S/C12H13N3O/c1-15-10-5-2-4-9(8-13)12(10)14-11(15)6-3-7-16/h2,4-5,16H,3,6-7H2,1H3. The minimum atomic E-state index is 0.161. The van der Waals surface area contributed by atoms with E-state index in [1.165, 1.54) is 0 Å². The highest BCUT2D eigenvalue weighted by molar-refractivity contribution is 5.82. The number of fused-ring (bicyclic) bond motifs is 1. The number of hydrogen-bond donors (Lipinski definition) is 1. The Morgan fingerprint density at radius 1 is 1.50 bits per heavy atom. The lowest BCUT2D eigenvalue weighted by Gasteiger charge is -2.00. The molecule has 0 aliphatic heterocycles. The van der Waals surface area contributed by atoms with Gasteiger partial charge in [-0.2, -0.15) is 5.26 Å². The molecular formula is C12H13N3O. The summed E-state index contributed by atoms with van der Waals surface area (Å²) in [6, 6.07) is 7.72. The number of imidazole rings is 1. The second kappa shape index (κ2) is 4.33. The molecule has 0 saturated heterocycles. The lowest BCUT2D eigenvalue weighted by Crippen LogP contribution is -1.99. The van der Waals surface area contributed by atoms with Crippen molar-refractivity contribution < 1.29 is 5.11 Å². The molecule has 2 rings (SSSR count). The summed E-state index contributed by atoms with van der Waals surface area (Å²) in [5.74, 6) is 0.909. The largest absolute Gasteiger partial charge is 0.396 e. The Morgan fingerprint density at radius 2 is 2.31 bits per heavy atom. The molecule has 1 aromatic heterocycles. The average molecular weight is 215 g/mol. The van der Waals surface area contributed by atoms with Crippen molar-refractivity contribution in [3.05, 3.63) is 29.6 Å². The number of benzene rings is 1. The number of aryl methyl sites for hydroxylation is 2. The first-order chi connectivity index (χ1) is 7.77. The molecule has 0 radical (unpaired) electrons. The quantitative estimate of drug-likeness (QED) is 0.841. The van der Waals surface area contributed by atoms with Crippen LogP contribution in [0.3, 0.4) is 0 Å². The van der Waals surface area contributed by atoms with E-state index >= 15 is 0 Å². The van der Waals surface area contributed by atoms with Crippen molar-refractivity contribution in [3.8, 4) is 6.07 Å². The highest BCUT2D eigenvalue weighted by Crippen LogP contribution is 2.19. The van der Waals surface area contributed by atoms with E-state index < -0.39 is 0 Å². The zero-order valence-electron chi connectivity index (χ0n) is 9.14. The van der Waals surface area contributed by atoms with Crippen LogP contribution in [-0.2, 0) is 13.5 Å². The fraction of sp³-hybridized carbons (Fsp3) is 0.333. The number of aliphatic hydroxyl groups is 1. The van der Waals surface area contributed by atoms with E-state index in [0.717, 1.165) is 23.3 Å². The monoisotopic (exact) mass is 215 g/mol. The van der Waals surface area contributed by atoms with E-state index in [2.05, 4.69) is 11.1 Å². The fourth-order valence-corrected chi connectivity index (χ4v) is 1.81. The SMILES string of the molecule is Cn1c(CCCO)nc2c(C#N)cccc21. The normalized spacial score (nSPS) is 10.6.